The van der Waals surface area contributed by atoms with E-state index in [-0.39, 0.29) is 30.7 Å². The van der Waals surface area contributed by atoms with Gasteiger partial charge in [-0.3, -0.25) is 9.69 Å². The fraction of sp³-hybridized carbons (Fsp3) is 0.545. The van der Waals surface area contributed by atoms with Crippen LogP contribution in [0.25, 0.3) is 0 Å². The zero-order valence-electron chi connectivity index (χ0n) is 16.2. The van der Waals surface area contributed by atoms with Crippen LogP contribution in [-0.2, 0) is 20.9 Å². The van der Waals surface area contributed by atoms with E-state index in [2.05, 4.69) is 6.08 Å². The first kappa shape index (κ1) is 19.6. The van der Waals surface area contributed by atoms with Gasteiger partial charge in [-0.1, -0.05) is 42.0 Å². The largest absolute Gasteiger partial charge is 0.445 e. The monoisotopic (exact) mass is 371 g/mol. The van der Waals surface area contributed by atoms with Gasteiger partial charge in [0.2, 0.25) is 0 Å². The molecule has 5 heteroatoms. The molecule has 5 nitrogen and oxygen atoms in total. The first-order chi connectivity index (χ1) is 13.0. The van der Waals surface area contributed by atoms with Gasteiger partial charge in [-0.05, 0) is 38.7 Å². The molecule has 2 saturated heterocycles. The minimum absolute atomic E-state index is 0.0210. The van der Waals surface area contributed by atoms with Crippen molar-refractivity contribution >= 4 is 11.9 Å². The molecule has 0 saturated carbocycles. The number of amides is 1. The lowest BCUT2D eigenvalue weighted by Gasteiger charge is -2.47. The molecule has 2 fully saturated rings. The van der Waals surface area contributed by atoms with Crippen molar-refractivity contribution in [3.63, 3.8) is 0 Å². The predicted molar refractivity (Wildman–Crippen MR) is 103 cm³/mol. The van der Waals surface area contributed by atoms with Gasteiger partial charge in [-0.2, -0.15) is 0 Å². The summed E-state index contributed by atoms with van der Waals surface area (Å²) in [5.74, 6) is 0.328. The second-order valence-electron chi connectivity index (χ2n) is 7.75. The van der Waals surface area contributed by atoms with Crippen molar-refractivity contribution < 1.29 is 19.1 Å². The van der Waals surface area contributed by atoms with Crippen molar-refractivity contribution in [3.8, 4) is 0 Å². The van der Waals surface area contributed by atoms with Crippen molar-refractivity contribution in [2.75, 3.05) is 13.2 Å². The number of ether oxygens (including phenoxy) is 2. The highest BCUT2D eigenvalue weighted by atomic mass is 16.6. The Bertz CT molecular complexity index is 667. The Balaban J connectivity index is 1.56. The number of nitrogens with zero attached hydrogens (tertiary/aromatic N) is 1. The molecule has 146 valence electrons. The Hall–Kier alpha value is -2.14. The summed E-state index contributed by atoms with van der Waals surface area (Å²) in [5.41, 5.74) is 2.21. The van der Waals surface area contributed by atoms with Crippen molar-refractivity contribution in [1.29, 1.82) is 0 Å². The third kappa shape index (κ3) is 5.19. The number of allylic oxidation sites excluding steroid dienone is 2. The molecule has 2 atom stereocenters. The second-order valence-corrected chi connectivity index (χ2v) is 7.75. The Morgan fingerprint density at radius 1 is 1.15 bits per heavy atom. The van der Waals surface area contributed by atoms with Crippen LogP contribution in [0.2, 0.25) is 0 Å². The first-order valence-electron chi connectivity index (χ1n) is 9.77. The van der Waals surface area contributed by atoms with E-state index in [0.717, 1.165) is 12.0 Å². The number of fused-ring (bicyclic) bond motifs is 2. The number of carbonyl (C=O) groups is 2. The van der Waals surface area contributed by atoms with Crippen LogP contribution in [0.4, 0.5) is 4.79 Å². The van der Waals surface area contributed by atoms with Gasteiger partial charge in [-0.15, -0.1) is 0 Å². The molecule has 0 spiro atoms. The van der Waals surface area contributed by atoms with E-state index in [9.17, 15) is 9.59 Å². The van der Waals surface area contributed by atoms with Gasteiger partial charge in [0, 0.05) is 12.3 Å². The topological polar surface area (TPSA) is 55.8 Å². The molecule has 0 radical (unpaired) electrons. The smallest absolute Gasteiger partial charge is 0.410 e. The van der Waals surface area contributed by atoms with Gasteiger partial charge in [0.15, 0.2) is 0 Å². The van der Waals surface area contributed by atoms with E-state index < -0.39 is 0 Å². The van der Waals surface area contributed by atoms with E-state index >= 15 is 0 Å². The zero-order chi connectivity index (χ0) is 19.2. The summed E-state index contributed by atoms with van der Waals surface area (Å²) in [6.07, 6.45) is 4.53. The summed E-state index contributed by atoms with van der Waals surface area (Å²) in [5, 5.41) is 0. The molecule has 2 aliphatic rings. The standard InChI is InChI=1S/C22H29NO4/c1-16(2)7-6-10-21(24)18-11-19-14-26-15-20(12-18)23(19)22(25)27-13-17-8-4-3-5-9-17/h3-5,7-9,18-20H,6,10-15H2,1-2H3. The minimum Gasteiger partial charge on any atom is -0.445 e. The lowest BCUT2D eigenvalue weighted by Crippen LogP contribution is -2.59. The third-order valence-electron chi connectivity index (χ3n) is 5.34. The number of hydrogen-bond donors (Lipinski definition) is 0. The van der Waals surface area contributed by atoms with Crippen molar-refractivity contribution in [2.45, 2.75) is 58.2 Å². The number of rotatable bonds is 6. The fourth-order valence-corrected chi connectivity index (χ4v) is 3.98. The highest BCUT2D eigenvalue weighted by molar-refractivity contribution is 5.81. The maximum atomic E-state index is 12.7. The van der Waals surface area contributed by atoms with Gasteiger partial charge in [0.05, 0.1) is 25.3 Å². The Kier molecular flexibility index (Phi) is 6.67. The SMILES string of the molecule is CC(C)=CCCC(=O)C1CC2COCC(C1)N2C(=O)OCc1ccccc1. The van der Waals surface area contributed by atoms with Crippen LogP contribution >= 0.6 is 0 Å². The maximum Gasteiger partial charge on any atom is 0.410 e. The van der Waals surface area contributed by atoms with Crippen LogP contribution in [0.5, 0.6) is 0 Å². The molecule has 2 unspecified atom stereocenters. The number of morpholine rings is 1. The van der Waals surface area contributed by atoms with Crippen LogP contribution in [0.1, 0.15) is 45.1 Å². The molecule has 0 N–H and O–H groups in total. The fourth-order valence-electron chi connectivity index (χ4n) is 3.98. The van der Waals surface area contributed by atoms with E-state index in [1.165, 1.54) is 5.57 Å². The molecule has 2 heterocycles. The second kappa shape index (κ2) is 9.18. The van der Waals surface area contributed by atoms with Crippen LogP contribution in [0.3, 0.4) is 0 Å². The highest BCUT2D eigenvalue weighted by Crippen LogP contribution is 2.33. The minimum atomic E-state index is -0.299. The van der Waals surface area contributed by atoms with Crippen molar-refractivity contribution in [3.05, 3.63) is 47.5 Å². The highest BCUT2D eigenvalue weighted by Gasteiger charge is 2.44. The molecule has 0 aromatic heterocycles. The number of ketones is 1. The molecule has 27 heavy (non-hydrogen) atoms. The van der Waals surface area contributed by atoms with Crippen LogP contribution in [0.15, 0.2) is 42.0 Å². The molecular weight excluding hydrogens is 342 g/mol. The first-order valence-corrected chi connectivity index (χ1v) is 9.77. The molecular formula is C22H29NO4. The third-order valence-corrected chi connectivity index (χ3v) is 5.34. The maximum absolute atomic E-state index is 12.7. The van der Waals surface area contributed by atoms with Crippen molar-refractivity contribution in [2.24, 2.45) is 5.92 Å². The van der Waals surface area contributed by atoms with Crippen LogP contribution < -0.4 is 0 Å². The van der Waals surface area contributed by atoms with Gasteiger partial charge in [0.25, 0.3) is 0 Å². The molecule has 1 amide bonds. The number of benzene rings is 1. The average Bonchev–Trinajstić information content (AvgIpc) is 2.65. The van der Waals surface area contributed by atoms with E-state index in [0.29, 0.717) is 38.3 Å². The predicted octanol–water partition coefficient (Wildman–Crippen LogP) is 4.12. The summed E-state index contributed by atoms with van der Waals surface area (Å²) in [6.45, 7) is 5.32. The zero-order valence-corrected chi connectivity index (χ0v) is 16.2. The summed E-state index contributed by atoms with van der Waals surface area (Å²) < 4.78 is 11.2. The number of piperidine rings is 1. The number of Topliss-reactive ketones (excluding diaryl/α,β-unsaturated/α-hetero) is 1. The van der Waals surface area contributed by atoms with Crippen LogP contribution in [0, 0.1) is 5.92 Å². The van der Waals surface area contributed by atoms with Gasteiger partial charge in [-0.25, -0.2) is 4.79 Å². The van der Waals surface area contributed by atoms with E-state index in [1.54, 1.807) is 0 Å². The Morgan fingerprint density at radius 2 is 1.81 bits per heavy atom. The van der Waals surface area contributed by atoms with Gasteiger partial charge < -0.3 is 9.47 Å². The lowest BCUT2D eigenvalue weighted by molar-refractivity contribution is -0.131. The number of hydrogen-bond acceptors (Lipinski definition) is 4. The normalized spacial score (nSPS) is 24.2. The number of carbonyl (C=O) groups excluding carboxylic acids is 2. The molecule has 2 bridgehead atoms. The average molecular weight is 371 g/mol. The van der Waals surface area contributed by atoms with E-state index in [4.69, 9.17) is 9.47 Å². The molecule has 1 aromatic carbocycles. The van der Waals surface area contributed by atoms with Crippen molar-refractivity contribution in [1.82, 2.24) is 4.90 Å². The summed E-state index contributed by atoms with van der Waals surface area (Å²) in [7, 11) is 0. The molecule has 3 rings (SSSR count). The van der Waals surface area contributed by atoms with Crippen LogP contribution in [-0.4, -0.2) is 42.1 Å². The Labute approximate surface area is 161 Å². The molecule has 1 aromatic rings. The summed E-state index contributed by atoms with van der Waals surface area (Å²) in [6, 6.07) is 9.53. The Morgan fingerprint density at radius 3 is 2.44 bits per heavy atom. The summed E-state index contributed by atoms with van der Waals surface area (Å²) >= 11 is 0. The molecule has 2 aliphatic heterocycles. The quantitative estimate of drug-likeness (QED) is 0.706. The molecule has 0 aliphatic carbocycles. The van der Waals surface area contributed by atoms with Gasteiger partial charge in [0.1, 0.15) is 12.4 Å². The summed E-state index contributed by atoms with van der Waals surface area (Å²) in [4.78, 5) is 27.1. The van der Waals surface area contributed by atoms with Gasteiger partial charge >= 0.3 is 6.09 Å². The van der Waals surface area contributed by atoms with E-state index in [1.807, 2.05) is 49.1 Å². The lowest BCUT2D eigenvalue weighted by atomic mass is 9.81.